The van der Waals surface area contributed by atoms with Crippen molar-refractivity contribution in [3.8, 4) is 0 Å². The molecule has 1 unspecified atom stereocenters. The van der Waals surface area contributed by atoms with Gasteiger partial charge in [0, 0.05) is 17.1 Å². The number of hydrogen-bond donors (Lipinski definition) is 2. The second kappa shape index (κ2) is 9.68. The molecule has 0 radical (unpaired) electrons. The van der Waals surface area contributed by atoms with Crippen LogP contribution in [-0.4, -0.2) is 48.8 Å². The molecule has 25 heavy (non-hydrogen) atoms. The van der Waals surface area contributed by atoms with Crippen LogP contribution in [-0.2, 0) is 16.1 Å². The molecule has 0 saturated carbocycles. The Kier molecular flexibility index (Phi) is 7.58. The smallest absolute Gasteiger partial charge is 0.238 e. The Morgan fingerprint density at radius 1 is 1.28 bits per heavy atom. The first-order chi connectivity index (χ1) is 12.0. The van der Waals surface area contributed by atoms with E-state index >= 15 is 0 Å². The van der Waals surface area contributed by atoms with Crippen LogP contribution in [0.15, 0.2) is 35.7 Å². The van der Waals surface area contributed by atoms with Crippen LogP contribution in [0.4, 0.5) is 5.69 Å². The lowest BCUT2D eigenvalue weighted by molar-refractivity contribution is -0.117. The first-order valence-corrected chi connectivity index (χ1v) is 9.16. The zero-order valence-electron chi connectivity index (χ0n) is 15.0. The second-order valence-electron chi connectivity index (χ2n) is 6.26. The zero-order valence-corrected chi connectivity index (χ0v) is 15.8. The highest BCUT2D eigenvalue weighted by Gasteiger charge is 2.13. The summed E-state index contributed by atoms with van der Waals surface area (Å²) in [5, 5.41) is 15.0. The molecule has 1 amide bonds. The van der Waals surface area contributed by atoms with Crippen LogP contribution in [0.2, 0.25) is 0 Å². The number of carbonyl (C=O) groups excluding carboxylic acids is 1. The first-order valence-electron chi connectivity index (χ1n) is 8.28. The maximum Gasteiger partial charge on any atom is 0.238 e. The average molecular weight is 362 g/mol. The van der Waals surface area contributed by atoms with Crippen LogP contribution in [0.1, 0.15) is 16.0 Å². The van der Waals surface area contributed by atoms with Gasteiger partial charge in [0.1, 0.15) is 0 Å². The van der Waals surface area contributed by atoms with E-state index in [-0.39, 0.29) is 19.1 Å². The van der Waals surface area contributed by atoms with E-state index in [9.17, 15) is 9.90 Å². The van der Waals surface area contributed by atoms with E-state index in [0.717, 1.165) is 21.7 Å². The molecule has 0 spiro atoms. The predicted octanol–water partition coefficient (Wildman–Crippen LogP) is 2.81. The summed E-state index contributed by atoms with van der Waals surface area (Å²) in [6.07, 6.45) is -0.627. The third-order valence-corrected chi connectivity index (χ3v) is 4.67. The fourth-order valence-corrected chi connectivity index (χ4v) is 3.24. The van der Waals surface area contributed by atoms with Gasteiger partial charge < -0.3 is 15.2 Å². The molecule has 0 aliphatic carbocycles. The number of benzene rings is 1. The van der Waals surface area contributed by atoms with Gasteiger partial charge in [0.2, 0.25) is 5.91 Å². The molecule has 5 nitrogen and oxygen atoms in total. The largest absolute Gasteiger partial charge is 0.389 e. The summed E-state index contributed by atoms with van der Waals surface area (Å²) in [6.45, 7) is 5.30. The molecule has 1 atom stereocenters. The Morgan fingerprint density at radius 3 is 2.64 bits per heavy atom. The van der Waals surface area contributed by atoms with Gasteiger partial charge in [-0.1, -0.05) is 24.3 Å². The predicted molar refractivity (Wildman–Crippen MR) is 102 cm³/mol. The van der Waals surface area contributed by atoms with Gasteiger partial charge in [0.05, 0.1) is 25.9 Å². The highest BCUT2D eigenvalue weighted by molar-refractivity contribution is 7.09. The fourth-order valence-electron chi connectivity index (χ4n) is 2.60. The average Bonchev–Trinajstić information content (AvgIpc) is 3.04. The molecular weight excluding hydrogens is 336 g/mol. The highest BCUT2D eigenvalue weighted by Crippen LogP contribution is 2.19. The van der Waals surface area contributed by atoms with E-state index in [4.69, 9.17) is 4.74 Å². The Bertz CT molecular complexity index is 653. The number of para-hydroxylation sites is 1. The van der Waals surface area contributed by atoms with Crippen molar-refractivity contribution in [2.75, 3.05) is 32.1 Å². The summed E-state index contributed by atoms with van der Waals surface area (Å²) < 4.78 is 5.51. The van der Waals surface area contributed by atoms with Gasteiger partial charge >= 0.3 is 0 Å². The summed E-state index contributed by atoms with van der Waals surface area (Å²) in [7, 11) is 1.81. The number of ether oxygens (including phenoxy) is 1. The van der Waals surface area contributed by atoms with Gasteiger partial charge in [-0.25, -0.2) is 0 Å². The van der Waals surface area contributed by atoms with Crippen LogP contribution in [0.25, 0.3) is 0 Å². The summed E-state index contributed by atoms with van der Waals surface area (Å²) in [4.78, 5) is 15.1. The molecule has 0 aliphatic heterocycles. The van der Waals surface area contributed by atoms with Crippen LogP contribution in [0.5, 0.6) is 0 Å². The zero-order chi connectivity index (χ0) is 18.2. The molecule has 0 saturated heterocycles. The number of aliphatic hydroxyl groups excluding tert-OH is 1. The number of thiophene rings is 1. The topological polar surface area (TPSA) is 61.8 Å². The number of carbonyl (C=O) groups is 1. The lowest BCUT2D eigenvalue weighted by Crippen LogP contribution is -2.37. The number of amides is 1. The Hall–Kier alpha value is -1.73. The van der Waals surface area contributed by atoms with Gasteiger partial charge in [-0.3, -0.25) is 9.69 Å². The van der Waals surface area contributed by atoms with Gasteiger partial charge in [0.25, 0.3) is 0 Å². The molecule has 0 aliphatic rings. The number of likely N-dealkylation sites (N-methyl/N-ethyl adjacent to an activating group) is 1. The number of nitrogens with zero attached hydrogens (tertiary/aromatic N) is 1. The molecule has 1 aromatic carbocycles. The quantitative estimate of drug-likeness (QED) is 0.720. The number of aliphatic hydroxyl groups is 1. The van der Waals surface area contributed by atoms with Crippen molar-refractivity contribution < 1.29 is 14.6 Å². The summed E-state index contributed by atoms with van der Waals surface area (Å²) in [5.41, 5.74) is 2.94. The van der Waals surface area contributed by atoms with Crippen LogP contribution in [0, 0.1) is 13.8 Å². The van der Waals surface area contributed by atoms with E-state index in [1.807, 2.05) is 56.6 Å². The molecule has 2 rings (SSSR count). The van der Waals surface area contributed by atoms with Crippen LogP contribution in [0.3, 0.4) is 0 Å². The maximum absolute atomic E-state index is 12.2. The summed E-state index contributed by atoms with van der Waals surface area (Å²) in [5.74, 6) is -0.0911. The van der Waals surface area contributed by atoms with Crippen molar-refractivity contribution in [3.63, 3.8) is 0 Å². The van der Waals surface area contributed by atoms with Crippen molar-refractivity contribution in [2.45, 2.75) is 26.6 Å². The Labute approximate surface area is 153 Å². The van der Waals surface area contributed by atoms with Crippen molar-refractivity contribution in [2.24, 2.45) is 0 Å². The Morgan fingerprint density at radius 2 is 2.00 bits per heavy atom. The number of rotatable bonds is 9. The minimum Gasteiger partial charge on any atom is -0.389 e. The van der Waals surface area contributed by atoms with Crippen molar-refractivity contribution in [1.82, 2.24) is 4.90 Å². The van der Waals surface area contributed by atoms with E-state index < -0.39 is 6.10 Å². The van der Waals surface area contributed by atoms with Gasteiger partial charge in [0.15, 0.2) is 0 Å². The third kappa shape index (κ3) is 6.59. The lowest BCUT2D eigenvalue weighted by atomic mass is 10.1. The van der Waals surface area contributed by atoms with Crippen LogP contribution < -0.4 is 5.32 Å². The molecular formula is C19H26N2O3S. The third-order valence-electron chi connectivity index (χ3n) is 3.82. The van der Waals surface area contributed by atoms with Crippen molar-refractivity contribution in [3.05, 3.63) is 51.7 Å². The Balaban J connectivity index is 1.71. The van der Waals surface area contributed by atoms with E-state index in [0.29, 0.717) is 13.2 Å². The molecule has 2 N–H and O–H groups in total. The summed E-state index contributed by atoms with van der Waals surface area (Å²) >= 11 is 1.63. The van der Waals surface area contributed by atoms with Crippen molar-refractivity contribution in [1.29, 1.82) is 0 Å². The van der Waals surface area contributed by atoms with Gasteiger partial charge in [-0.05, 0) is 43.5 Å². The van der Waals surface area contributed by atoms with Gasteiger partial charge in [-0.15, -0.1) is 11.3 Å². The molecule has 0 fully saturated rings. The minimum absolute atomic E-state index is 0.0911. The van der Waals surface area contributed by atoms with Gasteiger partial charge in [-0.2, -0.15) is 0 Å². The maximum atomic E-state index is 12.2. The molecule has 0 bridgehead atoms. The monoisotopic (exact) mass is 362 g/mol. The lowest BCUT2D eigenvalue weighted by Gasteiger charge is -2.20. The number of anilines is 1. The molecule has 1 aromatic heterocycles. The normalized spacial score (nSPS) is 12.4. The molecule has 136 valence electrons. The van der Waals surface area contributed by atoms with Crippen molar-refractivity contribution >= 4 is 22.9 Å². The number of nitrogens with one attached hydrogen (secondary N) is 1. The van der Waals surface area contributed by atoms with E-state index in [1.54, 1.807) is 16.2 Å². The van der Waals surface area contributed by atoms with E-state index in [1.165, 1.54) is 0 Å². The SMILES string of the molecule is Cc1cccc(C)c1NC(=O)CN(C)CC(O)COCc1cccs1. The van der Waals surface area contributed by atoms with Crippen LogP contribution >= 0.6 is 11.3 Å². The molecule has 2 aromatic rings. The minimum atomic E-state index is -0.627. The van der Waals surface area contributed by atoms with E-state index in [2.05, 4.69) is 5.32 Å². The highest BCUT2D eigenvalue weighted by atomic mass is 32.1. The first kappa shape index (κ1) is 19.6. The fraction of sp³-hybridized carbons (Fsp3) is 0.421. The molecule has 6 heteroatoms. The number of hydrogen-bond acceptors (Lipinski definition) is 5. The standard InChI is InChI=1S/C19H26N2O3S/c1-14-6-4-7-15(2)19(14)20-18(23)11-21(3)10-16(22)12-24-13-17-8-5-9-25-17/h4-9,16,22H,10-13H2,1-3H3,(H,20,23). The summed E-state index contributed by atoms with van der Waals surface area (Å²) in [6, 6.07) is 9.89. The second-order valence-corrected chi connectivity index (χ2v) is 7.29. The molecule has 1 heterocycles. The number of aryl methyl sites for hydroxylation is 2.